The van der Waals surface area contributed by atoms with Gasteiger partial charge in [0.1, 0.15) is 0 Å². The van der Waals surface area contributed by atoms with Crippen molar-refractivity contribution < 1.29 is 4.74 Å². The first-order valence-corrected chi connectivity index (χ1v) is 8.57. The van der Waals surface area contributed by atoms with Crippen LogP contribution in [0.5, 0.6) is 0 Å². The number of benzene rings is 2. The molecule has 0 saturated carbocycles. The predicted molar refractivity (Wildman–Crippen MR) is 103 cm³/mol. The molecule has 1 aliphatic heterocycles. The van der Waals surface area contributed by atoms with Crippen LogP contribution in [0.25, 0.3) is 0 Å². The quantitative estimate of drug-likeness (QED) is 0.856. The molecule has 126 valence electrons. The fraction of sp³-hybridized carbons (Fsp3) is 0.316. The van der Waals surface area contributed by atoms with E-state index in [4.69, 9.17) is 17.0 Å². The van der Waals surface area contributed by atoms with Crippen LogP contribution in [0.2, 0.25) is 0 Å². The summed E-state index contributed by atoms with van der Waals surface area (Å²) in [6, 6.07) is 18.5. The van der Waals surface area contributed by atoms with E-state index < -0.39 is 0 Å². The van der Waals surface area contributed by atoms with E-state index in [-0.39, 0.29) is 6.23 Å². The van der Waals surface area contributed by atoms with Crippen LogP contribution in [-0.2, 0) is 4.74 Å². The zero-order valence-corrected chi connectivity index (χ0v) is 14.9. The van der Waals surface area contributed by atoms with E-state index in [2.05, 4.69) is 39.4 Å². The van der Waals surface area contributed by atoms with Gasteiger partial charge in [-0.1, -0.05) is 30.3 Å². The zero-order valence-electron chi connectivity index (χ0n) is 14.1. The molecule has 1 atom stereocenters. The van der Waals surface area contributed by atoms with Gasteiger partial charge in [-0.15, -0.1) is 0 Å². The summed E-state index contributed by atoms with van der Waals surface area (Å²) in [5.41, 5.74) is 3.29. The fourth-order valence-electron chi connectivity index (χ4n) is 2.78. The highest BCUT2D eigenvalue weighted by atomic mass is 32.1. The number of rotatable bonds is 3. The number of hydrogen-bond acceptors (Lipinski definition) is 3. The third kappa shape index (κ3) is 3.86. The van der Waals surface area contributed by atoms with Crippen LogP contribution < -0.4 is 10.2 Å². The van der Waals surface area contributed by atoms with Crippen molar-refractivity contribution in [3.05, 3.63) is 60.2 Å². The Bertz CT molecular complexity index is 673. The van der Waals surface area contributed by atoms with E-state index in [1.807, 2.05) is 44.4 Å². The number of ether oxygens (including phenoxy) is 1. The average Bonchev–Trinajstić information content (AvgIpc) is 2.62. The molecule has 0 amide bonds. The molecule has 0 aliphatic carbocycles. The number of nitrogens with one attached hydrogen (secondary N) is 1. The summed E-state index contributed by atoms with van der Waals surface area (Å²) in [7, 11) is 4.08. The summed E-state index contributed by atoms with van der Waals surface area (Å²) < 4.78 is 6.02. The van der Waals surface area contributed by atoms with Crippen LogP contribution in [0.4, 0.5) is 11.4 Å². The molecule has 0 bridgehead atoms. The molecule has 0 aromatic heterocycles. The topological polar surface area (TPSA) is 27.7 Å². The number of nitrogens with zero attached hydrogens (tertiary/aromatic N) is 2. The molecular formula is C19H23N3OS. The summed E-state index contributed by atoms with van der Waals surface area (Å²) in [5, 5.41) is 4.01. The molecule has 1 aliphatic rings. The maximum Gasteiger partial charge on any atom is 0.175 e. The van der Waals surface area contributed by atoms with Crippen LogP contribution in [-0.4, -0.2) is 37.3 Å². The first-order chi connectivity index (χ1) is 11.6. The smallest absolute Gasteiger partial charge is 0.175 e. The van der Waals surface area contributed by atoms with Gasteiger partial charge in [-0.3, -0.25) is 0 Å². The second-order valence-corrected chi connectivity index (χ2v) is 6.44. The molecule has 5 heteroatoms. The summed E-state index contributed by atoms with van der Waals surface area (Å²) in [5.74, 6) is 0. The van der Waals surface area contributed by atoms with Crippen molar-refractivity contribution in [3.8, 4) is 0 Å². The molecule has 1 saturated heterocycles. The van der Waals surface area contributed by atoms with Gasteiger partial charge in [-0.2, -0.15) is 0 Å². The summed E-state index contributed by atoms with van der Waals surface area (Å²) in [6.45, 7) is 1.64. The monoisotopic (exact) mass is 341 g/mol. The van der Waals surface area contributed by atoms with Crippen LogP contribution >= 0.6 is 12.2 Å². The van der Waals surface area contributed by atoms with Gasteiger partial charge in [0.2, 0.25) is 0 Å². The molecule has 3 rings (SSSR count). The maximum atomic E-state index is 6.02. The lowest BCUT2D eigenvalue weighted by Crippen LogP contribution is -2.43. The Morgan fingerprint density at radius 1 is 1.12 bits per heavy atom. The SMILES string of the molecule is CN(C)c1ccc([C@@H]2OCCCN2C(=S)Nc2ccccc2)cc1. The number of hydrogen-bond donors (Lipinski definition) is 1. The Labute approximate surface area is 149 Å². The highest BCUT2D eigenvalue weighted by Crippen LogP contribution is 2.28. The van der Waals surface area contributed by atoms with Crippen molar-refractivity contribution in [2.75, 3.05) is 37.5 Å². The number of thiocarbonyl (C=S) groups is 1. The fourth-order valence-corrected chi connectivity index (χ4v) is 3.08. The molecule has 2 aromatic rings. The third-order valence-electron chi connectivity index (χ3n) is 4.08. The first kappa shape index (κ1) is 16.7. The van der Waals surface area contributed by atoms with Gasteiger partial charge >= 0.3 is 0 Å². The molecule has 24 heavy (non-hydrogen) atoms. The van der Waals surface area contributed by atoms with E-state index in [9.17, 15) is 0 Å². The molecule has 0 radical (unpaired) electrons. The highest BCUT2D eigenvalue weighted by molar-refractivity contribution is 7.80. The van der Waals surface area contributed by atoms with Crippen molar-refractivity contribution in [1.82, 2.24) is 4.90 Å². The lowest BCUT2D eigenvalue weighted by atomic mass is 10.1. The highest BCUT2D eigenvalue weighted by Gasteiger charge is 2.26. The molecule has 0 unspecified atom stereocenters. The van der Waals surface area contributed by atoms with Gasteiger partial charge in [0.05, 0.1) is 6.61 Å². The molecule has 0 spiro atoms. The van der Waals surface area contributed by atoms with E-state index in [1.54, 1.807) is 0 Å². The minimum Gasteiger partial charge on any atom is -0.378 e. The van der Waals surface area contributed by atoms with Gasteiger partial charge in [-0.05, 0) is 42.9 Å². The molecule has 2 aromatic carbocycles. The lowest BCUT2D eigenvalue weighted by molar-refractivity contribution is -0.0625. The molecule has 1 heterocycles. The molecule has 1 N–H and O–H groups in total. The molecule has 1 fully saturated rings. The Morgan fingerprint density at radius 3 is 2.50 bits per heavy atom. The number of para-hydroxylation sites is 1. The van der Waals surface area contributed by atoms with Crippen molar-refractivity contribution in [3.63, 3.8) is 0 Å². The van der Waals surface area contributed by atoms with Crippen LogP contribution in [0.15, 0.2) is 54.6 Å². The van der Waals surface area contributed by atoms with E-state index in [0.29, 0.717) is 5.11 Å². The van der Waals surface area contributed by atoms with E-state index in [1.165, 1.54) is 5.69 Å². The number of anilines is 2. The van der Waals surface area contributed by atoms with Crippen molar-refractivity contribution in [1.29, 1.82) is 0 Å². The Morgan fingerprint density at radius 2 is 1.83 bits per heavy atom. The van der Waals surface area contributed by atoms with Gasteiger partial charge < -0.3 is 19.9 Å². The Kier molecular flexibility index (Phi) is 5.33. The second-order valence-electron chi connectivity index (χ2n) is 6.05. The minimum absolute atomic E-state index is 0.140. The van der Waals surface area contributed by atoms with Crippen LogP contribution in [0.3, 0.4) is 0 Å². The maximum absolute atomic E-state index is 6.02. The van der Waals surface area contributed by atoms with E-state index >= 15 is 0 Å². The van der Waals surface area contributed by atoms with Gasteiger partial charge in [0.15, 0.2) is 11.3 Å². The van der Waals surface area contributed by atoms with Gasteiger partial charge in [0, 0.05) is 37.6 Å². The summed E-state index contributed by atoms with van der Waals surface area (Å²) in [4.78, 5) is 4.21. The largest absolute Gasteiger partial charge is 0.378 e. The lowest BCUT2D eigenvalue weighted by Gasteiger charge is -2.37. The summed E-state index contributed by atoms with van der Waals surface area (Å²) in [6.07, 6.45) is 0.835. The van der Waals surface area contributed by atoms with E-state index in [0.717, 1.165) is 30.8 Å². The molecule has 4 nitrogen and oxygen atoms in total. The Balaban J connectivity index is 1.76. The molecular weight excluding hydrogens is 318 g/mol. The van der Waals surface area contributed by atoms with Gasteiger partial charge in [0.25, 0.3) is 0 Å². The predicted octanol–water partition coefficient (Wildman–Crippen LogP) is 3.87. The normalized spacial score (nSPS) is 17.4. The van der Waals surface area contributed by atoms with Crippen LogP contribution in [0.1, 0.15) is 18.2 Å². The summed E-state index contributed by atoms with van der Waals surface area (Å²) >= 11 is 5.63. The van der Waals surface area contributed by atoms with Crippen molar-refractivity contribution in [2.45, 2.75) is 12.6 Å². The Hall–Kier alpha value is -2.11. The zero-order chi connectivity index (χ0) is 16.9. The first-order valence-electron chi connectivity index (χ1n) is 8.17. The standard InChI is InChI=1S/C19H23N3OS/c1-21(2)17-11-9-15(10-12-17)18-22(13-6-14-23-18)19(24)20-16-7-4-3-5-8-16/h3-5,7-12,18H,6,13-14H2,1-2H3,(H,20,24)/t18-/m0/s1. The van der Waals surface area contributed by atoms with Crippen LogP contribution in [0, 0.1) is 0 Å². The van der Waals surface area contributed by atoms with Crippen molar-refractivity contribution in [2.24, 2.45) is 0 Å². The van der Waals surface area contributed by atoms with Gasteiger partial charge in [-0.25, -0.2) is 0 Å². The average molecular weight is 341 g/mol. The van der Waals surface area contributed by atoms with Crippen molar-refractivity contribution >= 4 is 28.7 Å². The third-order valence-corrected chi connectivity index (χ3v) is 4.42. The minimum atomic E-state index is -0.140. The second kappa shape index (κ2) is 7.64.